The van der Waals surface area contributed by atoms with Gasteiger partial charge < -0.3 is 20.4 Å². The summed E-state index contributed by atoms with van der Waals surface area (Å²) in [6, 6.07) is 22.4. The highest BCUT2D eigenvalue weighted by molar-refractivity contribution is 5.53. The fourth-order valence-corrected chi connectivity index (χ4v) is 4.86. The number of hydrogen-bond acceptors (Lipinski definition) is 4. The Balaban J connectivity index is 2.04. The van der Waals surface area contributed by atoms with Crippen LogP contribution in [0.15, 0.2) is 72.8 Å². The molecular formula is C30H30O4. The van der Waals surface area contributed by atoms with Gasteiger partial charge in [-0.15, -0.1) is 0 Å². The lowest BCUT2D eigenvalue weighted by Gasteiger charge is -2.31. The minimum absolute atomic E-state index is 0.159. The summed E-state index contributed by atoms with van der Waals surface area (Å²) in [5.74, 6) is 0.630. The lowest BCUT2D eigenvalue weighted by atomic mass is 9.72. The minimum Gasteiger partial charge on any atom is -0.508 e. The molecule has 0 saturated heterocycles. The molecule has 0 atom stereocenters. The molecule has 4 N–H and O–H groups in total. The summed E-state index contributed by atoms with van der Waals surface area (Å²) in [5, 5.41) is 40.8. The quantitative estimate of drug-likeness (QED) is 0.270. The van der Waals surface area contributed by atoms with Gasteiger partial charge >= 0.3 is 0 Å². The molecule has 34 heavy (non-hydrogen) atoms. The van der Waals surface area contributed by atoms with Crippen LogP contribution in [0.25, 0.3) is 0 Å². The molecule has 0 aromatic heterocycles. The maximum atomic E-state index is 10.5. The number of phenols is 4. The SMILES string of the molecule is Cc1cc(C(c2cc(C)c(O)c(C)c2)C(c2ccc(O)cc2)c2ccc(O)cc2)cc(C)c1O. The summed E-state index contributed by atoms with van der Waals surface area (Å²) in [5.41, 5.74) is 7.24. The molecule has 0 fully saturated rings. The molecule has 0 bridgehead atoms. The molecule has 0 aliphatic heterocycles. The number of aryl methyl sites for hydroxylation is 4. The van der Waals surface area contributed by atoms with Crippen molar-refractivity contribution in [3.8, 4) is 23.0 Å². The number of rotatable bonds is 5. The Morgan fingerprint density at radius 2 is 0.676 bits per heavy atom. The van der Waals surface area contributed by atoms with Crippen molar-refractivity contribution in [2.45, 2.75) is 39.5 Å². The van der Waals surface area contributed by atoms with E-state index < -0.39 is 0 Å². The smallest absolute Gasteiger partial charge is 0.121 e. The van der Waals surface area contributed by atoms with Gasteiger partial charge in [0.2, 0.25) is 0 Å². The third-order valence-electron chi connectivity index (χ3n) is 6.58. The first-order valence-electron chi connectivity index (χ1n) is 11.3. The Morgan fingerprint density at radius 1 is 0.412 bits per heavy atom. The lowest BCUT2D eigenvalue weighted by Crippen LogP contribution is -2.15. The van der Waals surface area contributed by atoms with E-state index in [1.165, 1.54) is 0 Å². The third kappa shape index (κ3) is 4.44. The Morgan fingerprint density at radius 3 is 0.971 bits per heavy atom. The van der Waals surface area contributed by atoms with Crippen molar-refractivity contribution in [1.82, 2.24) is 0 Å². The predicted octanol–water partition coefficient (Wildman–Crippen LogP) is 6.71. The number of phenolic OH excluding ortho intramolecular Hbond substituents is 4. The number of hydrogen-bond donors (Lipinski definition) is 4. The molecule has 4 heteroatoms. The monoisotopic (exact) mass is 454 g/mol. The highest BCUT2D eigenvalue weighted by Crippen LogP contribution is 2.46. The van der Waals surface area contributed by atoms with Crippen LogP contribution in [0.4, 0.5) is 0 Å². The summed E-state index contributed by atoms with van der Waals surface area (Å²) in [7, 11) is 0. The second kappa shape index (κ2) is 9.14. The van der Waals surface area contributed by atoms with Crippen LogP contribution in [0.1, 0.15) is 56.3 Å². The second-order valence-electron chi connectivity index (χ2n) is 9.15. The minimum atomic E-state index is -0.162. The molecule has 4 rings (SSSR count). The van der Waals surface area contributed by atoms with E-state index in [0.717, 1.165) is 44.5 Å². The van der Waals surface area contributed by atoms with E-state index >= 15 is 0 Å². The summed E-state index contributed by atoms with van der Waals surface area (Å²) < 4.78 is 0. The molecule has 0 aliphatic rings. The first kappa shape index (κ1) is 23.2. The van der Waals surface area contributed by atoms with Gasteiger partial charge in [0.1, 0.15) is 23.0 Å². The van der Waals surface area contributed by atoms with E-state index in [9.17, 15) is 20.4 Å². The Labute approximate surface area is 200 Å². The van der Waals surface area contributed by atoms with Gasteiger partial charge in [-0.1, -0.05) is 48.5 Å². The van der Waals surface area contributed by atoms with Gasteiger partial charge in [-0.05, 0) is 96.5 Å². The van der Waals surface area contributed by atoms with Gasteiger partial charge in [-0.25, -0.2) is 0 Å². The van der Waals surface area contributed by atoms with E-state index in [0.29, 0.717) is 0 Å². The van der Waals surface area contributed by atoms with Gasteiger partial charge in [0, 0.05) is 11.8 Å². The van der Waals surface area contributed by atoms with Gasteiger partial charge in [-0.2, -0.15) is 0 Å². The molecule has 0 unspecified atom stereocenters. The molecule has 0 radical (unpaired) electrons. The summed E-state index contributed by atoms with van der Waals surface area (Å²) >= 11 is 0. The Bertz CT molecular complexity index is 1170. The van der Waals surface area contributed by atoms with Crippen LogP contribution in [0, 0.1) is 27.7 Å². The zero-order valence-corrected chi connectivity index (χ0v) is 19.9. The Kier molecular flexibility index (Phi) is 6.25. The molecule has 0 amide bonds. The van der Waals surface area contributed by atoms with Gasteiger partial charge in [0.05, 0.1) is 0 Å². The van der Waals surface area contributed by atoms with Crippen molar-refractivity contribution in [1.29, 1.82) is 0 Å². The molecule has 0 heterocycles. The topological polar surface area (TPSA) is 80.9 Å². The first-order chi connectivity index (χ1) is 16.2. The molecule has 4 aromatic carbocycles. The second-order valence-corrected chi connectivity index (χ2v) is 9.15. The molecule has 0 spiro atoms. The van der Waals surface area contributed by atoms with Gasteiger partial charge in [-0.3, -0.25) is 0 Å². The standard InChI is InChI=1S/C30H30O4/c1-17-13-23(14-18(2)29(17)33)28(24-15-19(3)30(34)20(4)16-24)27(21-5-9-25(31)10-6-21)22-7-11-26(32)12-8-22/h5-16,27-28,31-34H,1-4H3. The molecule has 4 nitrogen and oxygen atoms in total. The van der Waals surface area contributed by atoms with Gasteiger partial charge in [0.25, 0.3) is 0 Å². The van der Waals surface area contributed by atoms with Crippen molar-refractivity contribution in [2.75, 3.05) is 0 Å². The summed E-state index contributed by atoms with van der Waals surface area (Å²) in [6.45, 7) is 7.58. The maximum Gasteiger partial charge on any atom is 0.121 e. The van der Waals surface area contributed by atoms with E-state index in [1.54, 1.807) is 24.3 Å². The molecule has 174 valence electrons. The highest BCUT2D eigenvalue weighted by Gasteiger charge is 2.30. The van der Waals surface area contributed by atoms with Crippen molar-refractivity contribution in [3.05, 3.63) is 117 Å². The molecule has 0 aliphatic carbocycles. The first-order valence-corrected chi connectivity index (χ1v) is 11.3. The van der Waals surface area contributed by atoms with E-state index in [2.05, 4.69) is 0 Å². The molecule has 4 aromatic rings. The van der Waals surface area contributed by atoms with E-state index in [-0.39, 0.29) is 34.8 Å². The van der Waals surface area contributed by atoms with Crippen LogP contribution in [-0.4, -0.2) is 20.4 Å². The largest absolute Gasteiger partial charge is 0.508 e. The van der Waals surface area contributed by atoms with Crippen LogP contribution in [0.3, 0.4) is 0 Å². The summed E-state index contributed by atoms with van der Waals surface area (Å²) in [4.78, 5) is 0. The Hall–Kier alpha value is -3.92. The van der Waals surface area contributed by atoms with E-state index in [1.807, 2.05) is 76.2 Å². The lowest BCUT2D eigenvalue weighted by molar-refractivity contribution is 0.465. The van der Waals surface area contributed by atoms with Crippen LogP contribution >= 0.6 is 0 Å². The third-order valence-corrected chi connectivity index (χ3v) is 6.58. The van der Waals surface area contributed by atoms with Crippen molar-refractivity contribution in [2.24, 2.45) is 0 Å². The zero-order valence-electron chi connectivity index (χ0n) is 19.9. The average Bonchev–Trinajstić information content (AvgIpc) is 2.80. The maximum absolute atomic E-state index is 10.5. The van der Waals surface area contributed by atoms with Crippen molar-refractivity contribution >= 4 is 0 Å². The highest BCUT2D eigenvalue weighted by atomic mass is 16.3. The normalized spacial score (nSPS) is 11.4. The zero-order chi connectivity index (χ0) is 24.6. The molecule has 0 saturated carbocycles. The van der Waals surface area contributed by atoms with Crippen molar-refractivity contribution in [3.63, 3.8) is 0 Å². The van der Waals surface area contributed by atoms with Crippen LogP contribution in [0.2, 0.25) is 0 Å². The summed E-state index contributed by atoms with van der Waals surface area (Å²) in [6.07, 6.45) is 0. The fourth-order valence-electron chi connectivity index (χ4n) is 4.86. The van der Waals surface area contributed by atoms with E-state index in [4.69, 9.17) is 0 Å². The average molecular weight is 455 g/mol. The van der Waals surface area contributed by atoms with Crippen molar-refractivity contribution < 1.29 is 20.4 Å². The van der Waals surface area contributed by atoms with Gasteiger partial charge in [0.15, 0.2) is 0 Å². The van der Waals surface area contributed by atoms with Crippen LogP contribution in [-0.2, 0) is 0 Å². The number of benzene rings is 4. The number of aromatic hydroxyl groups is 4. The fraction of sp³-hybridized carbons (Fsp3) is 0.200. The van der Waals surface area contributed by atoms with Crippen LogP contribution in [0.5, 0.6) is 23.0 Å². The predicted molar refractivity (Wildman–Crippen MR) is 135 cm³/mol. The van der Waals surface area contributed by atoms with Crippen LogP contribution < -0.4 is 0 Å². The molecular weight excluding hydrogens is 424 g/mol.